The van der Waals surface area contributed by atoms with Crippen molar-refractivity contribution in [2.45, 2.75) is 12.5 Å². The van der Waals surface area contributed by atoms with Crippen molar-refractivity contribution in [2.24, 2.45) is 0 Å². The quantitative estimate of drug-likeness (QED) is 0.897. The van der Waals surface area contributed by atoms with E-state index in [0.29, 0.717) is 0 Å². The van der Waals surface area contributed by atoms with Gasteiger partial charge in [0, 0.05) is 24.3 Å². The van der Waals surface area contributed by atoms with Crippen LogP contribution in [0.2, 0.25) is 5.02 Å². The van der Waals surface area contributed by atoms with Crippen molar-refractivity contribution < 1.29 is 9.47 Å². The number of halogens is 1. The number of fused-ring (bicyclic) bond motifs is 1. The summed E-state index contributed by atoms with van der Waals surface area (Å²) in [6.45, 7) is 0.906. The maximum atomic E-state index is 6.23. The number of rotatable bonds is 4. The van der Waals surface area contributed by atoms with Crippen LogP contribution in [0.4, 0.5) is 5.69 Å². The third-order valence-corrected chi connectivity index (χ3v) is 4.53. The molecule has 1 heterocycles. The van der Waals surface area contributed by atoms with Gasteiger partial charge in [-0.05, 0) is 53.4 Å². The molecule has 0 saturated heterocycles. The van der Waals surface area contributed by atoms with Crippen LogP contribution in [0.5, 0.6) is 11.5 Å². The molecule has 0 amide bonds. The molecule has 0 unspecified atom stereocenters. The maximum Gasteiger partial charge on any atom is 0.161 e. The molecule has 0 aliphatic carbocycles. The van der Waals surface area contributed by atoms with Crippen molar-refractivity contribution in [2.75, 3.05) is 33.1 Å². The van der Waals surface area contributed by atoms with Crippen LogP contribution in [-0.2, 0) is 6.42 Å². The van der Waals surface area contributed by atoms with Gasteiger partial charge in [-0.3, -0.25) is 0 Å². The molecule has 0 spiro atoms. The van der Waals surface area contributed by atoms with E-state index >= 15 is 0 Å². The molecule has 3 rings (SSSR count). The summed E-state index contributed by atoms with van der Waals surface area (Å²) in [5.41, 5.74) is 4.67. The zero-order valence-corrected chi connectivity index (χ0v) is 14.3. The second-order valence-electron chi connectivity index (χ2n) is 5.52. The number of ether oxygens (including phenoxy) is 2. The fraction of sp³-hybridized carbons (Fsp3) is 0.333. The molecule has 0 saturated carbocycles. The van der Waals surface area contributed by atoms with E-state index in [1.54, 1.807) is 14.2 Å². The van der Waals surface area contributed by atoms with E-state index in [-0.39, 0.29) is 6.04 Å². The van der Waals surface area contributed by atoms with Gasteiger partial charge in [-0.15, -0.1) is 0 Å². The Bertz CT molecular complexity index is 718. The zero-order chi connectivity index (χ0) is 16.4. The van der Waals surface area contributed by atoms with Crippen LogP contribution >= 0.6 is 11.6 Å². The first-order valence-electron chi connectivity index (χ1n) is 7.63. The van der Waals surface area contributed by atoms with E-state index in [1.807, 2.05) is 25.2 Å². The molecular formula is C18H21ClN2O2. The van der Waals surface area contributed by atoms with Gasteiger partial charge >= 0.3 is 0 Å². The highest BCUT2D eigenvalue weighted by molar-refractivity contribution is 6.30. The van der Waals surface area contributed by atoms with Gasteiger partial charge in [-0.1, -0.05) is 11.6 Å². The first kappa shape index (κ1) is 16.0. The van der Waals surface area contributed by atoms with Gasteiger partial charge in [0.05, 0.1) is 20.3 Å². The molecule has 0 aromatic heterocycles. The van der Waals surface area contributed by atoms with E-state index in [9.17, 15) is 0 Å². The molecule has 2 aromatic carbocycles. The van der Waals surface area contributed by atoms with Crippen molar-refractivity contribution >= 4 is 17.3 Å². The van der Waals surface area contributed by atoms with Crippen molar-refractivity contribution in [3.63, 3.8) is 0 Å². The van der Waals surface area contributed by atoms with Crippen LogP contribution in [0.25, 0.3) is 0 Å². The second-order valence-corrected chi connectivity index (χ2v) is 5.96. The molecule has 0 fully saturated rings. The van der Waals surface area contributed by atoms with Gasteiger partial charge in [-0.2, -0.15) is 0 Å². The number of benzene rings is 2. The standard InChI is InChI=1S/C18H21ClN2O2/c1-20-15-5-4-12(19)9-14(15)18-13-10-17(23-3)16(22-2)8-11(13)6-7-21-18/h4-5,8-10,18,20-21H,6-7H2,1-3H3/t18-/m0/s1. The summed E-state index contributed by atoms with van der Waals surface area (Å²) in [6, 6.07) is 10.1. The normalized spacial score (nSPS) is 16.6. The predicted molar refractivity (Wildman–Crippen MR) is 94.1 cm³/mol. The smallest absolute Gasteiger partial charge is 0.161 e. The van der Waals surface area contributed by atoms with Gasteiger partial charge < -0.3 is 20.1 Å². The number of hydrogen-bond donors (Lipinski definition) is 2. The average molecular weight is 333 g/mol. The Balaban J connectivity index is 2.13. The highest BCUT2D eigenvalue weighted by Gasteiger charge is 2.25. The van der Waals surface area contributed by atoms with Gasteiger partial charge in [0.2, 0.25) is 0 Å². The minimum Gasteiger partial charge on any atom is -0.493 e. The third-order valence-electron chi connectivity index (χ3n) is 4.29. The third kappa shape index (κ3) is 2.96. The lowest BCUT2D eigenvalue weighted by atomic mass is 9.88. The number of methoxy groups -OCH3 is 2. The van der Waals surface area contributed by atoms with Crippen molar-refractivity contribution in [1.82, 2.24) is 5.32 Å². The largest absolute Gasteiger partial charge is 0.493 e. The lowest BCUT2D eigenvalue weighted by Gasteiger charge is -2.30. The molecule has 122 valence electrons. The lowest BCUT2D eigenvalue weighted by Crippen LogP contribution is -2.31. The van der Waals surface area contributed by atoms with Gasteiger partial charge in [0.1, 0.15) is 0 Å². The van der Waals surface area contributed by atoms with Crippen LogP contribution in [0.1, 0.15) is 22.7 Å². The Hall–Kier alpha value is -1.91. The van der Waals surface area contributed by atoms with Crippen molar-refractivity contribution in [3.8, 4) is 11.5 Å². The van der Waals surface area contributed by atoms with Crippen LogP contribution in [0.3, 0.4) is 0 Å². The van der Waals surface area contributed by atoms with Crippen LogP contribution in [0, 0.1) is 0 Å². The summed E-state index contributed by atoms with van der Waals surface area (Å²) >= 11 is 6.23. The average Bonchev–Trinajstić information content (AvgIpc) is 2.59. The lowest BCUT2D eigenvalue weighted by molar-refractivity contribution is 0.353. The summed E-state index contributed by atoms with van der Waals surface area (Å²) in [5.74, 6) is 1.51. The summed E-state index contributed by atoms with van der Waals surface area (Å²) < 4.78 is 10.9. The number of nitrogens with one attached hydrogen (secondary N) is 2. The first-order valence-corrected chi connectivity index (χ1v) is 8.01. The molecule has 2 N–H and O–H groups in total. The molecule has 1 aliphatic rings. The predicted octanol–water partition coefficient (Wildman–Crippen LogP) is 3.63. The Morgan fingerprint density at radius 1 is 1.09 bits per heavy atom. The van der Waals surface area contributed by atoms with Gasteiger partial charge in [-0.25, -0.2) is 0 Å². The minimum atomic E-state index is 0.0692. The van der Waals surface area contributed by atoms with E-state index < -0.39 is 0 Å². The summed E-state index contributed by atoms with van der Waals surface area (Å²) in [4.78, 5) is 0. The zero-order valence-electron chi connectivity index (χ0n) is 13.6. The molecule has 0 bridgehead atoms. The molecule has 4 nitrogen and oxygen atoms in total. The Labute approximate surface area is 141 Å². The molecule has 1 aliphatic heterocycles. The van der Waals surface area contributed by atoms with Crippen LogP contribution in [0.15, 0.2) is 30.3 Å². The van der Waals surface area contributed by atoms with E-state index in [2.05, 4.69) is 22.8 Å². The van der Waals surface area contributed by atoms with Crippen molar-refractivity contribution in [1.29, 1.82) is 0 Å². The topological polar surface area (TPSA) is 42.5 Å². The summed E-state index contributed by atoms with van der Waals surface area (Å²) in [5, 5.41) is 7.56. The van der Waals surface area contributed by atoms with Crippen LogP contribution in [-0.4, -0.2) is 27.8 Å². The number of anilines is 1. The molecule has 1 atom stereocenters. The Kier molecular flexibility index (Phi) is 4.64. The Morgan fingerprint density at radius 2 is 1.83 bits per heavy atom. The highest BCUT2D eigenvalue weighted by atomic mass is 35.5. The second kappa shape index (κ2) is 6.69. The Morgan fingerprint density at radius 3 is 2.52 bits per heavy atom. The van der Waals surface area contributed by atoms with E-state index in [4.69, 9.17) is 21.1 Å². The summed E-state index contributed by atoms with van der Waals surface area (Å²) in [7, 11) is 5.25. The highest BCUT2D eigenvalue weighted by Crippen LogP contribution is 2.39. The first-order chi connectivity index (χ1) is 11.2. The van der Waals surface area contributed by atoms with E-state index in [0.717, 1.165) is 40.7 Å². The minimum absolute atomic E-state index is 0.0692. The van der Waals surface area contributed by atoms with Gasteiger partial charge in [0.15, 0.2) is 11.5 Å². The molecule has 5 heteroatoms. The monoisotopic (exact) mass is 332 g/mol. The van der Waals surface area contributed by atoms with E-state index in [1.165, 1.54) is 11.1 Å². The maximum absolute atomic E-state index is 6.23. The van der Waals surface area contributed by atoms with Crippen LogP contribution < -0.4 is 20.1 Å². The fourth-order valence-corrected chi connectivity index (χ4v) is 3.34. The molecule has 0 radical (unpaired) electrons. The molecular weight excluding hydrogens is 312 g/mol. The van der Waals surface area contributed by atoms with Gasteiger partial charge in [0.25, 0.3) is 0 Å². The fourth-order valence-electron chi connectivity index (χ4n) is 3.16. The SMILES string of the molecule is CNc1ccc(Cl)cc1[C@H]1NCCc2cc(OC)c(OC)cc21. The van der Waals surface area contributed by atoms with Crippen molar-refractivity contribution in [3.05, 3.63) is 52.0 Å². The molecule has 23 heavy (non-hydrogen) atoms. The summed E-state index contributed by atoms with van der Waals surface area (Å²) in [6.07, 6.45) is 0.960. The molecule has 2 aromatic rings. The number of hydrogen-bond acceptors (Lipinski definition) is 4.